The van der Waals surface area contributed by atoms with E-state index in [1.165, 1.54) is 11.1 Å². The largest absolute Gasteiger partial charge is 0.497 e. The van der Waals surface area contributed by atoms with Crippen LogP contribution >= 0.6 is 0 Å². The predicted molar refractivity (Wildman–Crippen MR) is 147 cm³/mol. The predicted octanol–water partition coefficient (Wildman–Crippen LogP) is 7.89. The number of ether oxygens (including phenoxy) is 2. The van der Waals surface area contributed by atoms with Crippen LogP contribution in [-0.4, -0.2) is 25.1 Å². The van der Waals surface area contributed by atoms with Crippen LogP contribution in [-0.2, 0) is 5.60 Å². The average Bonchev–Trinajstić information content (AvgIpc) is 2.78. The zero-order chi connectivity index (χ0) is 26.6. The second-order valence-corrected chi connectivity index (χ2v) is 9.70. The quantitative estimate of drug-likeness (QED) is 0.277. The van der Waals surface area contributed by atoms with Crippen molar-refractivity contribution in [1.29, 1.82) is 0 Å². The summed E-state index contributed by atoms with van der Waals surface area (Å²) in [7, 11) is 3.28. The van der Waals surface area contributed by atoms with Gasteiger partial charge >= 0.3 is 0 Å². The SMILES string of the molecule is COc1ccc(C(=O)CCC=C(C)C)c(C)c1.COc1ccc(C(C)(O)CCC=C(C)C)c(C)c1. The van der Waals surface area contributed by atoms with E-state index < -0.39 is 5.60 Å². The number of Topliss-reactive ketones (excluding diaryl/α,β-unsaturated/α-hetero) is 1. The van der Waals surface area contributed by atoms with Crippen molar-refractivity contribution in [3.05, 3.63) is 82.0 Å². The van der Waals surface area contributed by atoms with Crippen molar-refractivity contribution in [2.75, 3.05) is 14.2 Å². The molecular formula is C31H44O4. The minimum Gasteiger partial charge on any atom is -0.497 e. The summed E-state index contributed by atoms with van der Waals surface area (Å²) in [6.07, 6.45) is 7.25. The molecule has 2 rings (SSSR count). The molecule has 2 aromatic rings. The highest BCUT2D eigenvalue weighted by atomic mass is 16.5. The first-order chi connectivity index (χ1) is 16.4. The Bertz CT molecular complexity index is 1020. The molecule has 0 bridgehead atoms. The van der Waals surface area contributed by atoms with Crippen LogP contribution in [0.1, 0.15) is 87.4 Å². The van der Waals surface area contributed by atoms with E-state index in [1.807, 2.05) is 71.0 Å². The van der Waals surface area contributed by atoms with Gasteiger partial charge in [0.2, 0.25) is 0 Å². The fourth-order valence-electron chi connectivity index (χ4n) is 3.85. The number of hydrogen-bond donors (Lipinski definition) is 1. The lowest BCUT2D eigenvalue weighted by atomic mass is 9.87. The van der Waals surface area contributed by atoms with Crippen LogP contribution < -0.4 is 9.47 Å². The number of aryl methyl sites for hydroxylation is 2. The minimum absolute atomic E-state index is 0.197. The Morgan fingerprint density at radius 1 is 0.857 bits per heavy atom. The monoisotopic (exact) mass is 480 g/mol. The molecule has 4 nitrogen and oxygen atoms in total. The third kappa shape index (κ3) is 10.5. The van der Waals surface area contributed by atoms with Crippen molar-refractivity contribution in [3.8, 4) is 11.5 Å². The molecular weight excluding hydrogens is 436 g/mol. The Morgan fingerprint density at radius 3 is 1.86 bits per heavy atom. The summed E-state index contributed by atoms with van der Waals surface area (Å²) in [6.45, 7) is 14.1. The van der Waals surface area contributed by atoms with E-state index in [4.69, 9.17) is 9.47 Å². The van der Waals surface area contributed by atoms with Crippen molar-refractivity contribution in [2.24, 2.45) is 0 Å². The second-order valence-electron chi connectivity index (χ2n) is 9.70. The van der Waals surface area contributed by atoms with E-state index in [1.54, 1.807) is 14.2 Å². The summed E-state index contributed by atoms with van der Waals surface area (Å²) in [5, 5.41) is 10.6. The number of carbonyl (C=O) groups excluding carboxylic acids is 1. The van der Waals surface area contributed by atoms with Crippen LogP contribution in [0.2, 0.25) is 0 Å². The van der Waals surface area contributed by atoms with Crippen molar-refractivity contribution in [1.82, 2.24) is 0 Å². The van der Waals surface area contributed by atoms with Crippen LogP contribution in [0.25, 0.3) is 0 Å². The molecule has 0 fully saturated rings. The summed E-state index contributed by atoms with van der Waals surface area (Å²) >= 11 is 0. The van der Waals surface area contributed by atoms with Gasteiger partial charge in [0.05, 0.1) is 19.8 Å². The van der Waals surface area contributed by atoms with Crippen molar-refractivity contribution >= 4 is 5.78 Å². The molecule has 0 amide bonds. The number of rotatable bonds is 10. The highest BCUT2D eigenvalue weighted by molar-refractivity contribution is 5.97. The topological polar surface area (TPSA) is 55.8 Å². The first-order valence-electron chi connectivity index (χ1n) is 12.2. The van der Waals surface area contributed by atoms with Gasteiger partial charge in [-0.05, 0) is 115 Å². The zero-order valence-electron chi connectivity index (χ0n) is 23.1. The Hall–Kier alpha value is -2.85. The van der Waals surface area contributed by atoms with Gasteiger partial charge in [0.1, 0.15) is 11.5 Å². The lowest BCUT2D eigenvalue weighted by Gasteiger charge is -2.25. The van der Waals surface area contributed by atoms with Crippen LogP contribution in [0.4, 0.5) is 0 Å². The molecule has 35 heavy (non-hydrogen) atoms. The number of ketones is 1. The molecule has 0 aromatic heterocycles. The highest BCUT2D eigenvalue weighted by Crippen LogP contribution is 2.31. The van der Waals surface area contributed by atoms with Crippen LogP contribution in [0.5, 0.6) is 11.5 Å². The molecule has 1 N–H and O–H groups in total. The molecule has 1 unspecified atom stereocenters. The molecule has 4 heteroatoms. The van der Waals surface area contributed by atoms with Crippen molar-refractivity contribution < 1.29 is 19.4 Å². The van der Waals surface area contributed by atoms with E-state index in [9.17, 15) is 9.90 Å². The van der Waals surface area contributed by atoms with Gasteiger partial charge in [-0.1, -0.05) is 29.4 Å². The van der Waals surface area contributed by atoms with Gasteiger partial charge in [-0.15, -0.1) is 0 Å². The van der Waals surface area contributed by atoms with Gasteiger partial charge in [-0.25, -0.2) is 0 Å². The van der Waals surface area contributed by atoms with E-state index in [0.29, 0.717) is 6.42 Å². The smallest absolute Gasteiger partial charge is 0.163 e. The van der Waals surface area contributed by atoms with Gasteiger partial charge in [0.15, 0.2) is 5.78 Å². The van der Waals surface area contributed by atoms with Gasteiger partial charge in [-0.3, -0.25) is 4.79 Å². The fraction of sp³-hybridized carbons (Fsp3) is 0.452. The number of aliphatic hydroxyl groups is 1. The van der Waals surface area contributed by atoms with Crippen LogP contribution in [0, 0.1) is 13.8 Å². The molecule has 192 valence electrons. The van der Waals surface area contributed by atoms with E-state index in [0.717, 1.165) is 53.0 Å². The summed E-state index contributed by atoms with van der Waals surface area (Å²) < 4.78 is 10.3. The molecule has 2 aromatic carbocycles. The summed E-state index contributed by atoms with van der Waals surface area (Å²) in [5.41, 5.74) is 5.57. The molecule has 0 aliphatic carbocycles. The molecule has 0 radical (unpaired) electrons. The molecule has 0 saturated heterocycles. The number of hydrogen-bond acceptors (Lipinski definition) is 4. The summed E-state index contributed by atoms with van der Waals surface area (Å²) in [6, 6.07) is 11.4. The second kappa shape index (κ2) is 14.5. The first kappa shape index (κ1) is 30.2. The van der Waals surface area contributed by atoms with E-state index in [-0.39, 0.29) is 5.78 Å². The lowest BCUT2D eigenvalue weighted by Crippen LogP contribution is -2.22. The molecule has 0 heterocycles. The zero-order valence-corrected chi connectivity index (χ0v) is 23.1. The van der Waals surface area contributed by atoms with Crippen LogP contribution in [0.15, 0.2) is 59.7 Å². The van der Waals surface area contributed by atoms with E-state index in [2.05, 4.69) is 26.0 Å². The molecule has 1 atom stereocenters. The Morgan fingerprint density at radius 2 is 1.37 bits per heavy atom. The standard InChI is InChI=1S/C16H24O2.C15H20O2/c1-12(2)7-6-10-16(4,17)15-9-8-14(18-5)11-13(15)3;1-11(2)6-5-7-15(16)14-9-8-13(17-4)10-12(14)3/h7-9,11,17H,6,10H2,1-5H3;6,8-10H,5,7H2,1-4H3. The Labute approximate surface area is 212 Å². The van der Waals surface area contributed by atoms with Gasteiger partial charge in [0.25, 0.3) is 0 Å². The maximum absolute atomic E-state index is 12.0. The van der Waals surface area contributed by atoms with Crippen molar-refractivity contribution in [2.45, 2.75) is 79.8 Å². The Kier molecular flexibility index (Phi) is 12.5. The summed E-state index contributed by atoms with van der Waals surface area (Å²) in [4.78, 5) is 12.0. The number of benzene rings is 2. The van der Waals surface area contributed by atoms with Crippen LogP contribution in [0.3, 0.4) is 0 Å². The number of carbonyl (C=O) groups is 1. The summed E-state index contributed by atoms with van der Waals surface area (Å²) in [5.74, 6) is 1.82. The molecule has 0 spiro atoms. The minimum atomic E-state index is -0.789. The maximum atomic E-state index is 12.0. The molecule has 0 aliphatic heterocycles. The van der Waals surface area contributed by atoms with Crippen molar-refractivity contribution in [3.63, 3.8) is 0 Å². The lowest BCUT2D eigenvalue weighted by molar-refractivity contribution is 0.0481. The molecule has 0 saturated carbocycles. The van der Waals surface area contributed by atoms with Gasteiger partial charge < -0.3 is 14.6 Å². The average molecular weight is 481 g/mol. The first-order valence-corrected chi connectivity index (χ1v) is 12.2. The number of allylic oxidation sites excluding steroid dienone is 4. The normalized spacial score (nSPS) is 11.9. The van der Waals surface area contributed by atoms with Gasteiger partial charge in [-0.2, -0.15) is 0 Å². The van der Waals surface area contributed by atoms with Gasteiger partial charge in [0, 0.05) is 12.0 Å². The van der Waals surface area contributed by atoms with E-state index >= 15 is 0 Å². The fourth-order valence-corrected chi connectivity index (χ4v) is 3.85. The maximum Gasteiger partial charge on any atom is 0.163 e. The number of methoxy groups -OCH3 is 2. The third-order valence-electron chi connectivity index (χ3n) is 5.86. The molecule has 0 aliphatic rings. The Balaban J connectivity index is 0.000000351. The highest BCUT2D eigenvalue weighted by Gasteiger charge is 2.24. The third-order valence-corrected chi connectivity index (χ3v) is 5.86.